The maximum Gasteiger partial charge on any atom is 0.338 e. The molecule has 11 nitrogen and oxygen atoms in total. The van der Waals surface area contributed by atoms with Crippen LogP contribution in [0.15, 0.2) is 67.9 Å². The van der Waals surface area contributed by atoms with E-state index in [1.165, 1.54) is 29.9 Å². The van der Waals surface area contributed by atoms with Gasteiger partial charge in [0, 0.05) is 17.7 Å². The number of methoxy groups -OCH3 is 1. The van der Waals surface area contributed by atoms with Crippen molar-refractivity contribution in [2.24, 2.45) is 4.99 Å². The Morgan fingerprint density at radius 2 is 1.93 bits per heavy atom. The first kappa shape index (κ1) is 32.0. The number of hydrogen-bond donors (Lipinski definition) is 0. The van der Waals surface area contributed by atoms with E-state index >= 15 is 0 Å². The molecule has 1 aliphatic rings. The third kappa shape index (κ3) is 6.26. The predicted octanol–water partition coefficient (Wildman–Crippen LogP) is 6.07. The number of fused-ring (bicyclic) bond motifs is 1. The lowest BCUT2D eigenvalue weighted by Gasteiger charge is -2.25. The standard InChI is InChI=1S/C31H27Cl2N3O8S/c1-6-42-30(38)27-16(4)34-31-35(28(27)17-7-9-24(43-15(2)3)25(11-17)41-5)29(37)26(45-31)12-18-8-10-23(44-18)19-13-22(36(39)40)21(33)14-20(19)32/h7-15,28H,6H2,1-5H3/b26-12-/t28-/m0/s1. The van der Waals surface area contributed by atoms with Gasteiger partial charge in [-0.05, 0) is 63.6 Å². The number of aromatic nitrogens is 1. The van der Waals surface area contributed by atoms with Crippen molar-refractivity contribution in [1.29, 1.82) is 0 Å². The van der Waals surface area contributed by atoms with Gasteiger partial charge in [0.15, 0.2) is 16.3 Å². The van der Waals surface area contributed by atoms with Gasteiger partial charge < -0.3 is 18.6 Å². The number of thiazole rings is 1. The first-order valence-electron chi connectivity index (χ1n) is 13.7. The van der Waals surface area contributed by atoms with Gasteiger partial charge in [-0.3, -0.25) is 19.5 Å². The largest absolute Gasteiger partial charge is 0.493 e. The number of esters is 1. The average molecular weight is 673 g/mol. The zero-order valence-electron chi connectivity index (χ0n) is 24.8. The van der Waals surface area contributed by atoms with E-state index in [4.69, 9.17) is 41.8 Å². The number of halogens is 2. The molecule has 0 aliphatic carbocycles. The number of furan rings is 1. The van der Waals surface area contributed by atoms with Gasteiger partial charge in [-0.1, -0.05) is 40.6 Å². The Morgan fingerprint density at radius 3 is 2.60 bits per heavy atom. The lowest BCUT2D eigenvalue weighted by atomic mass is 9.95. The maximum atomic E-state index is 14.0. The highest BCUT2D eigenvalue weighted by atomic mass is 35.5. The molecule has 2 aromatic carbocycles. The first-order valence-corrected chi connectivity index (χ1v) is 15.3. The molecule has 0 N–H and O–H groups in total. The first-order chi connectivity index (χ1) is 21.4. The molecule has 0 saturated carbocycles. The maximum absolute atomic E-state index is 14.0. The molecule has 3 heterocycles. The number of allylic oxidation sites excluding steroid dienone is 1. The number of nitro groups is 1. The summed E-state index contributed by atoms with van der Waals surface area (Å²) in [5, 5.41) is 11.5. The highest BCUT2D eigenvalue weighted by Crippen LogP contribution is 2.38. The van der Waals surface area contributed by atoms with Crippen LogP contribution in [-0.2, 0) is 9.53 Å². The van der Waals surface area contributed by atoms with Gasteiger partial charge in [0.2, 0.25) is 0 Å². The quantitative estimate of drug-likeness (QED) is 0.119. The molecule has 0 unspecified atom stereocenters. The Labute approximate surface area is 270 Å². The fraction of sp³-hybridized carbons (Fsp3) is 0.258. The van der Waals surface area contributed by atoms with Crippen molar-refractivity contribution >= 4 is 52.3 Å². The Hall–Kier alpha value is -4.39. The summed E-state index contributed by atoms with van der Waals surface area (Å²) in [6.07, 6.45) is 1.43. The van der Waals surface area contributed by atoms with Gasteiger partial charge >= 0.3 is 5.97 Å². The normalized spacial score (nSPS) is 14.8. The smallest absolute Gasteiger partial charge is 0.338 e. The lowest BCUT2D eigenvalue weighted by molar-refractivity contribution is -0.384. The van der Waals surface area contributed by atoms with Crippen molar-refractivity contribution in [3.8, 4) is 22.8 Å². The summed E-state index contributed by atoms with van der Waals surface area (Å²) in [6.45, 7) is 7.32. The van der Waals surface area contributed by atoms with Gasteiger partial charge in [0.25, 0.3) is 11.2 Å². The number of ether oxygens (including phenoxy) is 3. The highest BCUT2D eigenvalue weighted by molar-refractivity contribution is 7.07. The van der Waals surface area contributed by atoms with Crippen molar-refractivity contribution in [3.05, 3.63) is 105 Å². The lowest BCUT2D eigenvalue weighted by Crippen LogP contribution is -2.40. The van der Waals surface area contributed by atoms with Crippen LogP contribution in [0.25, 0.3) is 17.4 Å². The van der Waals surface area contributed by atoms with E-state index in [-0.39, 0.29) is 49.9 Å². The zero-order valence-corrected chi connectivity index (χ0v) is 27.1. The van der Waals surface area contributed by atoms with Crippen molar-refractivity contribution in [3.63, 3.8) is 0 Å². The molecule has 0 spiro atoms. The minimum atomic E-state index is -0.870. The van der Waals surface area contributed by atoms with Crippen LogP contribution in [0, 0.1) is 10.1 Å². The summed E-state index contributed by atoms with van der Waals surface area (Å²) >= 11 is 13.4. The minimum absolute atomic E-state index is 0.103. The molecule has 1 atom stereocenters. The molecule has 0 radical (unpaired) electrons. The monoisotopic (exact) mass is 671 g/mol. The second-order valence-electron chi connectivity index (χ2n) is 10.1. The molecule has 0 bridgehead atoms. The Bertz CT molecular complexity index is 2040. The molecule has 5 rings (SSSR count). The van der Waals surface area contributed by atoms with Gasteiger partial charge in [-0.2, -0.15) is 0 Å². The van der Waals surface area contributed by atoms with E-state index < -0.39 is 22.5 Å². The molecule has 1 aliphatic heterocycles. The topological polar surface area (TPSA) is 135 Å². The van der Waals surface area contributed by atoms with E-state index in [0.717, 1.165) is 11.3 Å². The number of rotatable bonds is 9. The predicted molar refractivity (Wildman–Crippen MR) is 170 cm³/mol. The molecular formula is C31H27Cl2N3O8S. The summed E-state index contributed by atoms with van der Waals surface area (Å²) < 4.78 is 24.5. The SMILES string of the molecule is CCOC(=O)C1=C(C)N=c2s/c(=C\c3ccc(-c4cc([N+](=O)[O-])c(Cl)cc4Cl)o3)c(=O)n2[C@H]1c1ccc(OC(C)C)c(OC)c1. The minimum Gasteiger partial charge on any atom is -0.493 e. The Balaban J connectivity index is 1.64. The highest BCUT2D eigenvalue weighted by Gasteiger charge is 2.34. The van der Waals surface area contributed by atoms with Gasteiger partial charge in [0.1, 0.15) is 16.5 Å². The summed E-state index contributed by atoms with van der Waals surface area (Å²) in [6, 6.07) is 10.1. The van der Waals surface area contributed by atoms with Crippen LogP contribution >= 0.6 is 34.5 Å². The van der Waals surface area contributed by atoms with Crippen LogP contribution in [0.3, 0.4) is 0 Å². The Kier molecular flexibility index (Phi) is 9.19. The summed E-state index contributed by atoms with van der Waals surface area (Å²) in [5.41, 5.74) is 0.740. The molecule has 234 valence electrons. The van der Waals surface area contributed by atoms with Crippen LogP contribution in [-0.4, -0.2) is 35.3 Å². The van der Waals surface area contributed by atoms with Crippen LogP contribution in [0.4, 0.5) is 5.69 Å². The third-order valence-electron chi connectivity index (χ3n) is 6.78. The van der Waals surface area contributed by atoms with E-state index in [1.54, 1.807) is 44.2 Å². The molecule has 2 aromatic heterocycles. The van der Waals surface area contributed by atoms with E-state index in [0.29, 0.717) is 33.3 Å². The summed E-state index contributed by atoms with van der Waals surface area (Å²) in [5.74, 6) is 0.892. The fourth-order valence-corrected chi connectivity index (χ4v) is 6.46. The molecular weight excluding hydrogens is 645 g/mol. The van der Waals surface area contributed by atoms with Gasteiger partial charge in [-0.15, -0.1) is 0 Å². The van der Waals surface area contributed by atoms with Crippen molar-refractivity contribution in [1.82, 2.24) is 4.57 Å². The second kappa shape index (κ2) is 12.9. The average Bonchev–Trinajstić information content (AvgIpc) is 3.56. The summed E-state index contributed by atoms with van der Waals surface area (Å²) in [4.78, 5) is 43.0. The van der Waals surface area contributed by atoms with Crippen LogP contribution in [0.1, 0.15) is 45.1 Å². The van der Waals surface area contributed by atoms with Gasteiger partial charge in [-0.25, -0.2) is 9.79 Å². The number of benzene rings is 2. The molecule has 0 saturated heterocycles. The van der Waals surface area contributed by atoms with E-state index in [2.05, 4.69) is 4.99 Å². The second-order valence-corrected chi connectivity index (χ2v) is 11.9. The fourth-order valence-electron chi connectivity index (χ4n) is 4.88. The number of nitrogens with zero attached hydrogens (tertiary/aromatic N) is 3. The summed E-state index contributed by atoms with van der Waals surface area (Å²) in [7, 11) is 1.51. The molecule has 4 aromatic rings. The van der Waals surface area contributed by atoms with Gasteiger partial charge in [0.05, 0.1) is 51.6 Å². The van der Waals surface area contributed by atoms with Crippen LogP contribution in [0.2, 0.25) is 10.0 Å². The number of carbonyl (C=O) groups is 1. The van der Waals surface area contributed by atoms with Crippen LogP contribution < -0.4 is 24.4 Å². The number of carbonyl (C=O) groups excluding carboxylic acids is 1. The van der Waals surface area contributed by atoms with Crippen molar-refractivity contribution in [2.75, 3.05) is 13.7 Å². The third-order valence-corrected chi connectivity index (χ3v) is 8.38. The number of hydrogen-bond acceptors (Lipinski definition) is 10. The molecule has 0 amide bonds. The van der Waals surface area contributed by atoms with E-state index in [1.807, 2.05) is 13.8 Å². The van der Waals surface area contributed by atoms with Crippen LogP contribution in [0.5, 0.6) is 11.5 Å². The molecule has 45 heavy (non-hydrogen) atoms. The number of nitro benzene ring substituents is 1. The van der Waals surface area contributed by atoms with Crippen molar-refractivity contribution < 1.29 is 28.3 Å². The zero-order chi connectivity index (χ0) is 32.6. The Morgan fingerprint density at radius 1 is 1.18 bits per heavy atom. The molecule has 14 heteroatoms. The molecule has 0 fully saturated rings. The van der Waals surface area contributed by atoms with Crippen molar-refractivity contribution in [2.45, 2.75) is 39.8 Å². The van der Waals surface area contributed by atoms with E-state index in [9.17, 15) is 19.7 Å².